The number of H-pyrrole nitrogens is 1. The number of aromatic amines is 1. The van der Waals surface area contributed by atoms with Crippen molar-refractivity contribution in [3.8, 4) is 5.75 Å². The van der Waals surface area contributed by atoms with Gasteiger partial charge in [-0.2, -0.15) is 0 Å². The summed E-state index contributed by atoms with van der Waals surface area (Å²) in [4.78, 5) is 25.5. The van der Waals surface area contributed by atoms with E-state index in [-0.39, 0.29) is 32.9 Å². The molecule has 2 rings (SSSR count). The Morgan fingerprint density at radius 3 is 2.45 bits per heavy atom. The lowest BCUT2D eigenvalue weighted by Crippen LogP contribution is -2.15. The molecule has 8 heteroatoms. The molecule has 104 valence electrons. The molecule has 20 heavy (non-hydrogen) atoms. The number of nitrogens with one attached hydrogen (secondary N) is 2. The fourth-order valence-electron chi connectivity index (χ4n) is 1.53. The van der Waals surface area contributed by atoms with Gasteiger partial charge in [0.05, 0.1) is 16.3 Å². The van der Waals surface area contributed by atoms with E-state index in [1.54, 1.807) is 0 Å². The zero-order valence-corrected chi connectivity index (χ0v) is 11.3. The van der Waals surface area contributed by atoms with E-state index in [0.29, 0.717) is 0 Å². The number of rotatable bonds is 3. The Bertz CT molecular complexity index is 677. The molecule has 0 aliphatic rings. The smallest absolute Gasteiger partial charge is 0.337 e. The highest BCUT2D eigenvalue weighted by atomic mass is 35.5. The summed E-state index contributed by atoms with van der Waals surface area (Å²) < 4.78 is 0. The van der Waals surface area contributed by atoms with E-state index in [0.717, 1.165) is 6.07 Å². The number of phenolic OH excluding ortho intramolecular Hbond substituents is 1. The first-order chi connectivity index (χ1) is 9.38. The maximum atomic E-state index is 11.9. The zero-order valence-electron chi connectivity index (χ0n) is 9.78. The second kappa shape index (κ2) is 5.44. The van der Waals surface area contributed by atoms with Crippen LogP contribution in [-0.2, 0) is 0 Å². The molecule has 1 aromatic heterocycles. The summed E-state index contributed by atoms with van der Waals surface area (Å²) in [6.07, 6.45) is 0. The number of carboxylic acids is 1. The van der Waals surface area contributed by atoms with E-state index in [2.05, 4.69) is 10.3 Å². The number of carbonyl (C=O) groups excluding carboxylic acids is 1. The van der Waals surface area contributed by atoms with Crippen molar-refractivity contribution in [2.75, 3.05) is 5.32 Å². The van der Waals surface area contributed by atoms with Gasteiger partial charge >= 0.3 is 5.97 Å². The van der Waals surface area contributed by atoms with Crippen LogP contribution < -0.4 is 5.32 Å². The average Bonchev–Trinajstić information content (AvgIpc) is 2.71. The van der Waals surface area contributed by atoms with E-state index < -0.39 is 11.9 Å². The molecule has 0 aliphatic heterocycles. The van der Waals surface area contributed by atoms with Gasteiger partial charge in [-0.15, -0.1) is 0 Å². The number of amides is 1. The highest BCUT2D eigenvalue weighted by Crippen LogP contribution is 2.24. The van der Waals surface area contributed by atoms with Crippen molar-refractivity contribution >= 4 is 40.8 Å². The normalized spacial score (nSPS) is 10.3. The van der Waals surface area contributed by atoms with E-state index in [4.69, 9.17) is 28.3 Å². The van der Waals surface area contributed by atoms with Crippen LogP contribution in [0.1, 0.15) is 20.8 Å². The van der Waals surface area contributed by atoms with Crippen molar-refractivity contribution in [2.24, 2.45) is 0 Å². The van der Waals surface area contributed by atoms with E-state index in [9.17, 15) is 14.7 Å². The molecule has 0 radical (unpaired) electrons. The fourth-order valence-corrected chi connectivity index (χ4v) is 1.85. The molecule has 0 atom stereocenters. The SMILES string of the molecule is O=C(Nc1ccc(O)cc1C(=O)O)c1cc(Cl)c(Cl)[nH]1. The van der Waals surface area contributed by atoms with Gasteiger partial charge in [0.1, 0.15) is 16.6 Å². The topological polar surface area (TPSA) is 102 Å². The van der Waals surface area contributed by atoms with E-state index in [1.807, 2.05) is 0 Å². The molecular weight excluding hydrogens is 307 g/mol. The van der Waals surface area contributed by atoms with Gasteiger partial charge in [0, 0.05) is 0 Å². The summed E-state index contributed by atoms with van der Waals surface area (Å²) in [5.74, 6) is -2.10. The maximum absolute atomic E-state index is 11.9. The predicted molar refractivity (Wildman–Crippen MR) is 73.8 cm³/mol. The average molecular weight is 315 g/mol. The number of hydrogen-bond acceptors (Lipinski definition) is 3. The summed E-state index contributed by atoms with van der Waals surface area (Å²) in [5, 5.41) is 21.0. The van der Waals surface area contributed by atoms with Crippen molar-refractivity contribution < 1.29 is 19.8 Å². The number of carboxylic acid groups (broad SMARTS) is 1. The van der Waals surface area contributed by atoms with Crippen molar-refractivity contribution in [1.82, 2.24) is 4.98 Å². The van der Waals surface area contributed by atoms with Gasteiger partial charge in [-0.05, 0) is 24.3 Å². The van der Waals surface area contributed by atoms with Crippen LogP contribution in [0.3, 0.4) is 0 Å². The summed E-state index contributed by atoms with van der Waals surface area (Å²) in [6, 6.07) is 4.90. The lowest BCUT2D eigenvalue weighted by atomic mass is 10.1. The van der Waals surface area contributed by atoms with Gasteiger partial charge in [0.2, 0.25) is 0 Å². The summed E-state index contributed by atoms with van der Waals surface area (Å²) in [5.41, 5.74) is -0.103. The number of hydrogen-bond donors (Lipinski definition) is 4. The van der Waals surface area contributed by atoms with Crippen LogP contribution in [0.25, 0.3) is 0 Å². The van der Waals surface area contributed by atoms with Crippen LogP contribution >= 0.6 is 23.2 Å². The molecule has 6 nitrogen and oxygen atoms in total. The number of aromatic nitrogens is 1. The Kier molecular flexibility index (Phi) is 3.87. The van der Waals surface area contributed by atoms with Gasteiger partial charge in [0.15, 0.2) is 0 Å². The Balaban J connectivity index is 2.30. The number of phenols is 1. The highest BCUT2D eigenvalue weighted by molar-refractivity contribution is 6.41. The molecule has 1 aromatic carbocycles. The first-order valence-electron chi connectivity index (χ1n) is 5.30. The molecule has 0 saturated carbocycles. The quantitative estimate of drug-likeness (QED) is 0.654. The Hall–Kier alpha value is -2.18. The van der Waals surface area contributed by atoms with Crippen LogP contribution in [0.15, 0.2) is 24.3 Å². The van der Waals surface area contributed by atoms with Crippen molar-refractivity contribution in [1.29, 1.82) is 0 Å². The Morgan fingerprint density at radius 1 is 1.20 bits per heavy atom. The lowest BCUT2D eigenvalue weighted by Gasteiger charge is -2.07. The van der Waals surface area contributed by atoms with Gasteiger partial charge < -0.3 is 20.5 Å². The number of aromatic hydroxyl groups is 1. The fraction of sp³-hybridized carbons (Fsp3) is 0. The van der Waals surface area contributed by atoms with Crippen LogP contribution in [0.5, 0.6) is 5.75 Å². The monoisotopic (exact) mass is 314 g/mol. The predicted octanol–water partition coefficient (Wildman–Crippen LogP) is 2.98. The number of benzene rings is 1. The van der Waals surface area contributed by atoms with Gasteiger partial charge in [-0.3, -0.25) is 4.79 Å². The maximum Gasteiger partial charge on any atom is 0.337 e. The third-order valence-corrected chi connectivity index (χ3v) is 3.14. The molecule has 1 heterocycles. The van der Waals surface area contributed by atoms with Gasteiger partial charge in [-0.25, -0.2) is 4.79 Å². The molecule has 1 amide bonds. The molecule has 0 aliphatic carbocycles. The second-order valence-corrected chi connectivity index (χ2v) is 4.62. The van der Waals surface area contributed by atoms with Crippen molar-refractivity contribution in [3.05, 3.63) is 45.7 Å². The van der Waals surface area contributed by atoms with Gasteiger partial charge in [0.25, 0.3) is 5.91 Å². The van der Waals surface area contributed by atoms with Crippen molar-refractivity contribution in [3.63, 3.8) is 0 Å². The summed E-state index contributed by atoms with van der Waals surface area (Å²) >= 11 is 11.4. The highest BCUT2D eigenvalue weighted by Gasteiger charge is 2.16. The number of carbonyl (C=O) groups is 2. The van der Waals surface area contributed by atoms with E-state index >= 15 is 0 Å². The standard InChI is InChI=1S/C12H8Cl2N2O4/c13-7-4-9(15-10(7)14)11(18)16-8-2-1-5(17)3-6(8)12(19)20/h1-4,15,17H,(H,16,18)(H,19,20). The molecule has 0 unspecified atom stereocenters. The molecule has 0 bridgehead atoms. The molecule has 0 spiro atoms. The number of aromatic carboxylic acids is 1. The third-order valence-electron chi connectivity index (χ3n) is 2.45. The van der Waals surface area contributed by atoms with E-state index in [1.165, 1.54) is 18.2 Å². The third kappa shape index (κ3) is 2.87. The Morgan fingerprint density at radius 2 is 1.90 bits per heavy atom. The molecular formula is C12H8Cl2N2O4. The lowest BCUT2D eigenvalue weighted by molar-refractivity contribution is 0.0697. The molecule has 0 fully saturated rings. The Labute approximate surface area is 122 Å². The van der Waals surface area contributed by atoms with Crippen LogP contribution in [-0.4, -0.2) is 27.1 Å². The first kappa shape index (κ1) is 14.2. The number of halogens is 2. The largest absolute Gasteiger partial charge is 0.508 e. The minimum absolute atomic E-state index is 0.0437. The van der Waals surface area contributed by atoms with Crippen LogP contribution in [0.4, 0.5) is 5.69 Å². The summed E-state index contributed by atoms with van der Waals surface area (Å²) in [6.45, 7) is 0. The van der Waals surface area contributed by atoms with Crippen molar-refractivity contribution in [2.45, 2.75) is 0 Å². The summed E-state index contributed by atoms with van der Waals surface area (Å²) in [7, 11) is 0. The van der Waals surface area contributed by atoms with Crippen LogP contribution in [0.2, 0.25) is 10.2 Å². The molecule has 0 saturated heterocycles. The van der Waals surface area contributed by atoms with Gasteiger partial charge in [-0.1, -0.05) is 23.2 Å². The number of anilines is 1. The second-order valence-electron chi connectivity index (χ2n) is 3.83. The van der Waals surface area contributed by atoms with Crippen LogP contribution in [0, 0.1) is 0 Å². The first-order valence-corrected chi connectivity index (χ1v) is 6.05. The molecule has 4 N–H and O–H groups in total. The minimum atomic E-state index is -1.28. The minimum Gasteiger partial charge on any atom is -0.508 e. The zero-order chi connectivity index (χ0) is 14.9. The molecule has 2 aromatic rings.